The van der Waals surface area contributed by atoms with Gasteiger partial charge in [-0.25, -0.2) is 0 Å². The van der Waals surface area contributed by atoms with Crippen LogP contribution in [0.25, 0.3) is 0 Å². The molecule has 0 bridgehead atoms. The van der Waals surface area contributed by atoms with Crippen molar-refractivity contribution in [3.63, 3.8) is 0 Å². The predicted octanol–water partition coefficient (Wildman–Crippen LogP) is 2.47. The summed E-state index contributed by atoms with van der Waals surface area (Å²) in [5.74, 6) is 1.27. The molecular formula is C15H17NO3. The summed E-state index contributed by atoms with van der Waals surface area (Å²) in [6.45, 7) is 2.38. The third-order valence-corrected chi connectivity index (χ3v) is 2.74. The van der Waals surface area contributed by atoms with Crippen molar-refractivity contribution in [1.82, 2.24) is 4.98 Å². The lowest BCUT2D eigenvalue weighted by molar-refractivity contribution is 0.271. The first-order valence-electron chi connectivity index (χ1n) is 6.04. The summed E-state index contributed by atoms with van der Waals surface area (Å²) >= 11 is 0. The number of aromatic nitrogens is 1. The van der Waals surface area contributed by atoms with Gasteiger partial charge in [0.15, 0.2) is 11.5 Å². The molecule has 0 aliphatic rings. The number of aliphatic hydroxyl groups excluding tert-OH is 1. The number of pyridine rings is 1. The SMILES string of the molecule is COc1ccc(CO)cc1OCc1cncc(C)c1. The smallest absolute Gasteiger partial charge is 0.162 e. The highest BCUT2D eigenvalue weighted by molar-refractivity contribution is 5.42. The molecule has 100 valence electrons. The number of rotatable bonds is 5. The van der Waals surface area contributed by atoms with Gasteiger partial charge in [0.25, 0.3) is 0 Å². The van der Waals surface area contributed by atoms with Crippen molar-refractivity contribution in [1.29, 1.82) is 0 Å². The van der Waals surface area contributed by atoms with E-state index in [1.807, 2.05) is 13.0 Å². The standard InChI is InChI=1S/C15H17NO3/c1-11-5-13(8-16-7-11)10-19-15-6-12(9-17)3-4-14(15)18-2/h3-8,17H,9-10H2,1-2H3. The quantitative estimate of drug-likeness (QED) is 0.896. The molecule has 1 aromatic heterocycles. The minimum atomic E-state index is -0.0215. The molecule has 2 rings (SSSR count). The van der Waals surface area contributed by atoms with Crippen molar-refractivity contribution in [2.24, 2.45) is 0 Å². The third-order valence-electron chi connectivity index (χ3n) is 2.74. The maximum absolute atomic E-state index is 9.14. The maximum Gasteiger partial charge on any atom is 0.162 e. The van der Waals surface area contributed by atoms with Gasteiger partial charge in [-0.15, -0.1) is 0 Å². The van der Waals surface area contributed by atoms with Crippen LogP contribution in [0.15, 0.2) is 36.7 Å². The van der Waals surface area contributed by atoms with Crippen LogP contribution in [-0.4, -0.2) is 17.2 Å². The highest BCUT2D eigenvalue weighted by atomic mass is 16.5. The molecule has 19 heavy (non-hydrogen) atoms. The lowest BCUT2D eigenvalue weighted by Gasteiger charge is -2.12. The summed E-state index contributed by atoms with van der Waals surface area (Å²) in [6, 6.07) is 7.40. The fourth-order valence-electron chi connectivity index (χ4n) is 1.79. The van der Waals surface area contributed by atoms with Gasteiger partial charge in [-0.05, 0) is 36.2 Å². The largest absolute Gasteiger partial charge is 0.493 e. The Morgan fingerprint density at radius 2 is 1.95 bits per heavy atom. The third kappa shape index (κ3) is 3.45. The molecule has 0 aliphatic carbocycles. The maximum atomic E-state index is 9.14. The first-order chi connectivity index (χ1) is 9.22. The lowest BCUT2D eigenvalue weighted by atomic mass is 10.2. The van der Waals surface area contributed by atoms with Gasteiger partial charge in [-0.2, -0.15) is 0 Å². The Morgan fingerprint density at radius 3 is 2.63 bits per heavy atom. The molecule has 0 fully saturated rings. The van der Waals surface area contributed by atoms with Gasteiger partial charge < -0.3 is 14.6 Å². The van der Waals surface area contributed by atoms with Crippen molar-refractivity contribution in [2.45, 2.75) is 20.1 Å². The molecule has 0 aliphatic heterocycles. The van der Waals surface area contributed by atoms with E-state index in [0.29, 0.717) is 18.1 Å². The molecule has 1 N–H and O–H groups in total. The van der Waals surface area contributed by atoms with Crippen LogP contribution in [0.3, 0.4) is 0 Å². The molecule has 2 aromatic rings. The Labute approximate surface area is 112 Å². The van der Waals surface area contributed by atoms with E-state index >= 15 is 0 Å². The number of methoxy groups -OCH3 is 1. The van der Waals surface area contributed by atoms with Crippen LogP contribution in [0.2, 0.25) is 0 Å². The Balaban J connectivity index is 2.14. The molecule has 4 heteroatoms. The normalized spacial score (nSPS) is 10.3. The monoisotopic (exact) mass is 259 g/mol. The van der Waals surface area contributed by atoms with Crippen LogP contribution >= 0.6 is 0 Å². The summed E-state index contributed by atoms with van der Waals surface area (Å²) in [5, 5.41) is 9.14. The van der Waals surface area contributed by atoms with Gasteiger partial charge in [0, 0.05) is 18.0 Å². The Hall–Kier alpha value is -2.07. The summed E-state index contributed by atoms with van der Waals surface area (Å²) in [4.78, 5) is 4.12. The summed E-state index contributed by atoms with van der Waals surface area (Å²) in [5.41, 5.74) is 2.88. The summed E-state index contributed by atoms with van der Waals surface area (Å²) in [6.07, 6.45) is 3.58. The first-order valence-corrected chi connectivity index (χ1v) is 6.04. The number of aryl methyl sites for hydroxylation is 1. The van der Waals surface area contributed by atoms with E-state index < -0.39 is 0 Å². The summed E-state index contributed by atoms with van der Waals surface area (Å²) < 4.78 is 11.0. The van der Waals surface area contributed by atoms with E-state index in [0.717, 1.165) is 16.7 Å². The van der Waals surface area contributed by atoms with Crippen LogP contribution in [0.1, 0.15) is 16.7 Å². The molecular weight excluding hydrogens is 242 g/mol. The van der Waals surface area contributed by atoms with Gasteiger partial charge in [0.05, 0.1) is 13.7 Å². The van der Waals surface area contributed by atoms with Crippen molar-refractivity contribution in [3.8, 4) is 11.5 Å². The van der Waals surface area contributed by atoms with E-state index in [9.17, 15) is 0 Å². The van der Waals surface area contributed by atoms with E-state index in [-0.39, 0.29) is 6.61 Å². The average Bonchev–Trinajstić information content (AvgIpc) is 2.45. The number of hydrogen-bond donors (Lipinski definition) is 1. The van der Waals surface area contributed by atoms with E-state index in [4.69, 9.17) is 14.6 Å². The Kier molecular flexibility index (Phi) is 4.36. The molecule has 0 saturated heterocycles. The van der Waals surface area contributed by atoms with Crippen LogP contribution in [-0.2, 0) is 13.2 Å². The zero-order chi connectivity index (χ0) is 13.7. The second-order valence-electron chi connectivity index (χ2n) is 4.30. The topological polar surface area (TPSA) is 51.6 Å². The molecule has 0 atom stereocenters. The summed E-state index contributed by atoms with van der Waals surface area (Å²) in [7, 11) is 1.59. The van der Waals surface area contributed by atoms with Crippen LogP contribution in [0.5, 0.6) is 11.5 Å². The van der Waals surface area contributed by atoms with E-state index in [1.165, 1.54) is 0 Å². The average molecular weight is 259 g/mol. The van der Waals surface area contributed by atoms with Crippen molar-refractivity contribution in [3.05, 3.63) is 53.3 Å². The van der Waals surface area contributed by atoms with Gasteiger partial charge >= 0.3 is 0 Å². The molecule has 1 aromatic carbocycles. The molecule has 0 amide bonds. The Morgan fingerprint density at radius 1 is 1.11 bits per heavy atom. The van der Waals surface area contributed by atoms with Gasteiger partial charge in [-0.3, -0.25) is 4.98 Å². The fraction of sp³-hybridized carbons (Fsp3) is 0.267. The minimum Gasteiger partial charge on any atom is -0.493 e. The minimum absolute atomic E-state index is 0.0215. The van der Waals surface area contributed by atoms with Gasteiger partial charge in [-0.1, -0.05) is 6.07 Å². The molecule has 0 spiro atoms. The van der Waals surface area contributed by atoms with Gasteiger partial charge in [0.1, 0.15) is 6.61 Å². The van der Waals surface area contributed by atoms with E-state index in [1.54, 1.807) is 37.7 Å². The molecule has 0 radical (unpaired) electrons. The van der Waals surface area contributed by atoms with Crippen molar-refractivity contribution < 1.29 is 14.6 Å². The first kappa shape index (κ1) is 13.4. The van der Waals surface area contributed by atoms with E-state index in [2.05, 4.69) is 4.98 Å². The highest BCUT2D eigenvalue weighted by Crippen LogP contribution is 2.28. The van der Waals surface area contributed by atoms with Crippen molar-refractivity contribution >= 4 is 0 Å². The second-order valence-corrected chi connectivity index (χ2v) is 4.30. The fourth-order valence-corrected chi connectivity index (χ4v) is 1.79. The van der Waals surface area contributed by atoms with Crippen LogP contribution < -0.4 is 9.47 Å². The molecule has 0 unspecified atom stereocenters. The Bertz CT molecular complexity index is 555. The zero-order valence-corrected chi connectivity index (χ0v) is 11.1. The number of hydrogen-bond acceptors (Lipinski definition) is 4. The molecule has 4 nitrogen and oxygen atoms in total. The molecule has 1 heterocycles. The number of aliphatic hydroxyl groups is 1. The number of benzene rings is 1. The highest BCUT2D eigenvalue weighted by Gasteiger charge is 2.06. The number of ether oxygens (including phenoxy) is 2. The predicted molar refractivity (Wildman–Crippen MR) is 72.2 cm³/mol. The second kappa shape index (κ2) is 6.20. The van der Waals surface area contributed by atoms with Gasteiger partial charge in [0.2, 0.25) is 0 Å². The number of nitrogens with zero attached hydrogens (tertiary/aromatic N) is 1. The van der Waals surface area contributed by atoms with Crippen LogP contribution in [0.4, 0.5) is 0 Å². The lowest BCUT2D eigenvalue weighted by Crippen LogP contribution is -1.99. The zero-order valence-electron chi connectivity index (χ0n) is 11.1. The van der Waals surface area contributed by atoms with Crippen LogP contribution in [0, 0.1) is 6.92 Å². The van der Waals surface area contributed by atoms with Crippen molar-refractivity contribution in [2.75, 3.05) is 7.11 Å². The molecule has 0 saturated carbocycles.